The number of carbonyl (C=O) groups is 1. The van der Waals surface area contributed by atoms with Crippen LogP contribution in [0.3, 0.4) is 0 Å². The normalized spacial score (nSPS) is 11.9. The summed E-state index contributed by atoms with van der Waals surface area (Å²) >= 11 is 7.23. The van der Waals surface area contributed by atoms with E-state index in [-0.39, 0.29) is 5.91 Å². The molecule has 1 heterocycles. The first-order valence-electron chi connectivity index (χ1n) is 7.37. The number of rotatable bonds is 7. The van der Waals surface area contributed by atoms with E-state index < -0.39 is 10.9 Å². The molecular weight excluding hydrogens is 370 g/mol. The molecule has 0 fully saturated rings. The fourth-order valence-electron chi connectivity index (χ4n) is 2.09. The monoisotopic (exact) mass is 388 g/mol. The number of anilines is 1. The van der Waals surface area contributed by atoms with Gasteiger partial charge in [0, 0.05) is 6.07 Å². The van der Waals surface area contributed by atoms with Crippen LogP contribution < -0.4 is 25.1 Å². The van der Waals surface area contributed by atoms with Crippen molar-refractivity contribution >= 4 is 35.0 Å². The molecule has 25 heavy (non-hydrogen) atoms. The lowest BCUT2D eigenvalue weighted by atomic mass is 10.2. The van der Waals surface area contributed by atoms with Crippen LogP contribution in [-0.4, -0.2) is 30.6 Å². The number of amides is 1. The van der Waals surface area contributed by atoms with Crippen LogP contribution in [0.15, 0.2) is 26.5 Å². The number of aromatic nitrogens is 2. The zero-order valence-electron chi connectivity index (χ0n) is 14.2. The summed E-state index contributed by atoms with van der Waals surface area (Å²) in [6, 6.07) is 3.14. The Bertz CT molecular complexity index is 820. The molecule has 0 radical (unpaired) electrons. The maximum absolute atomic E-state index is 12.6. The first-order valence-corrected chi connectivity index (χ1v) is 8.63. The molecule has 0 saturated carbocycles. The molecule has 10 heteroatoms. The number of nitrogens with zero attached hydrogens (tertiary/aromatic N) is 1. The zero-order chi connectivity index (χ0) is 18.6. The Balaban J connectivity index is 2.22. The van der Waals surface area contributed by atoms with Crippen LogP contribution in [0.4, 0.5) is 5.69 Å². The number of benzene rings is 1. The van der Waals surface area contributed by atoms with Gasteiger partial charge in [-0.1, -0.05) is 23.2 Å². The number of methoxy groups -OCH3 is 2. The highest BCUT2D eigenvalue weighted by Gasteiger charge is 2.28. The van der Waals surface area contributed by atoms with Crippen LogP contribution in [0.1, 0.15) is 13.3 Å². The molecule has 0 aliphatic heterocycles. The first-order chi connectivity index (χ1) is 11.9. The van der Waals surface area contributed by atoms with E-state index in [1.165, 1.54) is 18.9 Å². The highest BCUT2D eigenvalue weighted by atomic mass is 35.5. The van der Waals surface area contributed by atoms with Crippen molar-refractivity contribution in [3.63, 3.8) is 0 Å². The summed E-state index contributed by atoms with van der Waals surface area (Å²) < 4.78 is 16.5. The van der Waals surface area contributed by atoms with Gasteiger partial charge in [-0.2, -0.15) is 0 Å². The van der Waals surface area contributed by atoms with Gasteiger partial charge in [0.1, 0.15) is 11.5 Å². The summed E-state index contributed by atoms with van der Waals surface area (Å²) in [6.07, 6.45) is 0.507. The van der Waals surface area contributed by atoms with Crippen molar-refractivity contribution in [3.05, 3.63) is 27.6 Å². The van der Waals surface area contributed by atoms with Crippen LogP contribution >= 0.6 is 23.4 Å². The number of hydrogen-bond acceptors (Lipinski definition) is 6. The highest BCUT2D eigenvalue weighted by molar-refractivity contribution is 8.00. The van der Waals surface area contributed by atoms with E-state index in [4.69, 9.17) is 25.6 Å². The molecule has 0 aliphatic rings. The molecule has 136 valence electrons. The smallest absolute Gasteiger partial charge is 0.441 e. The van der Waals surface area contributed by atoms with Gasteiger partial charge in [-0.05, 0) is 29.5 Å². The van der Waals surface area contributed by atoms with Crippen molar-refractivity contribution in [1.82, 2.24) is 5.27 Å². The molecule has 2 rings (SSSR count). The van der Waals surface area contributed by atoms with Crippen LogP contribution in [-0.2, 0) is 11.8 Å². The third-order valence-corrected chi connectivity index (χ3v) is 5.19. The Morgan fingerprint density at radius 1 is 1.40 bits per heavy atom. The number of aromatic amines is 1. The van der Waals surface area contributed by atoms with Gasteiger partial charge in [0.05, 0.1) is 30.2 Å². The number of ether oxygens (including phenoxy) is 2. The minimum atomic E-state index is -0.524. The highest BCUT2D eigenvalue weighted by Crippen LogP contribution is 2.36. The Morgan fingerprint density at radius 2 is 2.08 bits per heavy atom. The predicted molar refractivity (Wildman–Crippen MR) is 93.6 cm³/mol. The Kier molecular flexibility index (Phi) is 6.38. The van der Waals surface area contributed by atoms with Crippen molar-refractivity contribution in [2.45, 2.75) is 23.6 Å². The summed E-state index contributed by atoms with van der Waals surface area (Å²) in [6.45, 7) is 1.85. The summed E-state index contributed by atoms with van der Waals surface area (Å²) in [5, 5.41) is 5.35. The lowest BCUT2D eigenvalue weighted by Gasteiger charge is -2.16. The van der Waals surface area contributed by atoms with Gasteiger partial charge >= 0.3 is 10.7 Å². The van der Waals surface area contributed by atoms with Crippen LogP contribution in [0.2, 0.25) is 5.02 Å². The van der Waals surface area contributed by atoms with Crippen molar-refractivity contribution in [1.29, 1.82) is 0 Å². The van der Waals surface area contributed by atoms with Crippen LogP contribution in [0.25, 0.3) is 0 Å². The molecule has 0 spiro atoms. The standard InChI is InChI=1S/C15H18ClN3O5S/c1-5-12(25-14-15(21)24-18-19(14)2)13(20)17-9-6-8(16)10(22-3)7-11(9)23-4/h6-7,12H,5H2,1-4H3,(H-,17,18,20,21)/p+1. The quantitative estimate of drug-likeness (QED) is 0.556. The van der Waals surface area contributed by atoms with E-state index in [0.29, 0.717) is 33.7 Å². The third-order valence-electron chi connectivity index (χ3n) is 3.40. The topological polar surface area (TPSA) is 97.4 Å². The van der Waals surface area contributed by atoms with Gasteiger partial charge in [-0.15, -0.1) is 0 Å². The summed E-state index contributed by atoms with van der Waals surface area (Å²) in [4.78, 5) is 24.3. The number of thioether (sulfide) groups is 1. The minimum absolute atomic E-state index is 0.285. The first kappa shape index (κ1) is 19.2. The van der Waals surface area contributed by atoms with E-state index >= 15 is 0 Å². The Morgan fingerprint density at radius 3 is 2.60 bits per heavy atom. The Labute approximate surface area is 153 Å². The van der Waals surface area contributed by atoms with Crippen LogP contribution in [0.5, 0.6) is 11.5 Å². The van der Waals surface area contributed by atoms with E-state index in [1.807, 2.05) is 6.92 Å². The largest absolute Gasteiger partial charge is 0.495 e. The second-order valence-corrected chi connectivity index (χ2v) is 6.63. The van der Waals surface area contributed by atoms with Gasteiger partial charge in [0.2, 0.25) is 5.91 Å². The second kappa shape index (κ2) is 8.30. The molecule has 8 nitrogen and oxygen atoms in total. The molecule has 1 atom stereocenters. The number of aryl methyl sites for hydroxylation is 1. The van der Waals surface area contributed by atoms with Gasteiger partial charge in [0.15, 0.2) is 7.05 Å². The van der Waals surface area contributed by atoms with Crippen molar-refractivity contribution in [2.24, 2.45) is 7.05 Å². The molecule has 1 unspecified atom stereocenters. The van der Waals surface area contributed by atoms with Crippen LogP contribution in [0, 0.1) is 0 Å². The second-order valence-electron chi connectivity index (χ2n) is 5.04. The molecular formula is C15H19ClN3O5S+. The van der Waals surface area contributed by atoms with E-state index in [1.54, 1.807) is 19.2 Å². The molecule has 0 saturated heterocycles. The van der Waals surface area contributed by atoms with Gasteiger partial charge in [-0.3, -0.25) is 9.32 Å². The zero-order valence-corrected chi connectivity index (χ0v) is 15.8. The fourth-order valence-corrected chi connectivity index (χ4v) is 3.26. The minimum Gasteiger partial charge on any atom is -0.495 e. The molecule has 2 N–H and O–H groups in total. The molecule has 1 aromatic heterocycles. The van der Waals surface area contributed by atoms with Gasteiger partial charge in [-0.25, -0.2) is 4.79 Å². The lowest BCUT2D eigenvalue weighted by Crippen LogP contribution is -2.35. The van der Waals surface area contributed by atoms with Crippen molar-refractivity contribution < 1.29 is 23.5 Å². The average Bonchev–Trinajstić information content (AvgIpc) is 2.91. The molecule has 0 bridgehead atoms. The molecule has 1 aromatic carbocycles. The third kappa shape index (κ3) is 4.29. The number of H-pyrrole nitrogens is 1. The predicted octanol–water partition coefficient (Wildman–Crippen LogP) is 1.97. The Hall–Kier alpha value is -2.13. The summed E-state index contributed by atoms with van der Waals surface area (Å²) in [5.41, 5.74) is -0.105. The summed E-state index contributed by atoms with van der Waals surface area (Å²) in [7, 11) is 4.60. The number of hydrogen-bond donors (Lipinski definition) is 2. The molecule has 0 aliphatic carbocycles. The average molecular weight is 389 g/mol. The number of halogens is 1. The molecule has 1 amide bonds. The molecule has 2 aromatic rings. The maximum atomic E-state index is 12.6. The maximum Gasteiger partial charge on any atom is 0.441 e. The summed E-state index contributed by atoms with van der Waals surface area (Å²) in [5.74, 6) is 0.573. The van der Waals surface area contributed by atoms with Gasteiger partial charge in [0.25, 0.3) is 0 Å². The fraction of sp³-hybridized carbons (Fsp3) is 0.400. The van der Waals surface area contributed by atoms with Gasteiger partial charge < -0.3 is 14.8 Å². The van der Waals surface area contributed by atoms with E-state index in [2.05, 4.69) is 10.6 Å². The SMILES string of the molecule is CCC(Sc1c(=O)o[nH][n+]1C)C(=O)Nc1cc(Cl)c(OC)cc1OC. The number of carbonyl (C=O) groups excluding carboxylic acids is 1. The number of nitrogens with one attached hydrogen (secondary N) is 2. The van der Waals surface area contributed by atoms with Crippen molar-refractivity contribution in [3.8, 4) is 11.5 Å². The van der Waals surface area contributed by atoms with E-state index in [0.717, 1.165) is 11.8 Å². The van der Waals surface area contributed by atoms with Crippen molar-refractivity contribution in [2.75, 3.05) is 19.5 Å². The lowest BCUT2D eigenvalue weighted by molar-refractivity contribution is -0.772. The van der Waals surface area contributed by atoms with E-state index in [9.17, 15) is 9.59 Å².